The molecule has 0 atom stereocenters. The highest BCUT2D eigenvalue weighted by atomic mass is 16.5. The van der Waals surface area contributed by atoms with Gasteiger partial charge in [-0.3, -0.25) is 10.1 Å². The van der Waals surface area contributed by atoms with E-state index in [1.165, 1.54) is 13.2 Å². The van der Waals surface area contributed by atoms with Gasteiger partial charge < -0.3 is 10.1 Å². The summed E-state index contributed by atoms with van der Waals surface area (Å²) in [5.41, 5.74) is 1.15. The average molecular weight is 234 g/mol. The third kappa shape index (κ3) is 4.38. The average Bonchev–Trinajstić information content (AvgIpc) is 2.29. The first-order valence-corrected chi connectivity index (χ1v) is 5.04. The molecule has 0 saturated carbocycles. The van der Waals surface area contributed by atoms with Crippen LogP contribution in [0, 0.1) is 0 Å². The Hall–Kier alpha value is -2.30. The van der Waals surface area contributed by atoms with Crippen LogP contribution in [0.1, 0.15) is 6.92 Å². The second-order valence-corrected chi connectivity index (χ2v) is 3.19. The summed E-state index contributed by atoms with van der Waals surface area (Å²) in [6.45, 7) is 1.76. The minimum atomic E-state index is -0.554. The van der Waals surface area contributed by atoms with Gasteiger partial charge in [-0.15, -0.1) is 0 Å². The van der Waals surface area contributed by atoms with Gasteiger partial charge in [-0.2, -0.15) is 0 Å². The zero-order chi connectivity index (χ0) is 12.7. The Bertz CT molecular complexity index is 441. The van der Waals surface area contributed by atoms with Crippen LogP contribution in [-0.4, -0.2) is 19.1 Å². The van der Waals surface area contributed by atoms with Gasteiger partial charge in [0, 0.05) is 11.4 Å². The maximum absolute atomic E-state index is 11.3. The van der Waals surface area contributed by atoms with E-state index >= 15 is 0 Å². The topological polar surface area (TPSA) is 67.4 Å². The minimum Gasteiger partial charge on any atom is -0.453 e. The van der Waals surface area contributed by atoms with Crippen molar-refractivity contribution in [1.82, 2.24) is 0 Å². The van der Waals surface area contributed by atoms with Crippen LogP contribution in [0.5, 0.6) is 0 Å². The van der Waals surface area contributed by atoms with E-state index in [1.54, 1.807) is 37.3 Å². The van der Waals surface area contributed by atoms with Gasteiger partial charge >= 0.3 is 6.09 Å². The zero-order valence-corrected chi connectivity index (χ0v) is 9.69. The van der Waals surface area contributed by atoms with Crippen molar-refractivity contribution in [1.29, 1.82) is 0 Å². The van der Waals surface area contributed by atoms with E-state index in [-0.39, 0.29) is 5.91 Å². The molecule has 0 aliphatic rings. The molecule has 5 nitrogen and oxygen atoms in total. The minimum absolute atomic E-state index is 0.220. The number of ether oxygens (including phenoxy) is 1. The van der Waals surface area contributed by atoms with Crippen LogP contribution >= 0.6 is 0 Å². The van der Waals surface area contributed by atoms with Crippen LogP contribution in [-0.2, 0) is 9.53 Å². The molecule has 2 N–H and O–H groups in total. The van der Waals surface area contributed by atoms with E-state index in [0.717, 1.165) is 0 Å². The largest absolute Gasteiger partial charge is 0.453 e. The molecule has 0 bridgehead atoms. The molecule has 0 unspecified atom stereocenters. The Labute approximate surface area is 99.5 Å². The summed E-state index contributed by atoms with van der Waals surface area (Å²) < 4.78 is 4.47. The molecule has 1 aromatic rings. The molecule has 0 aliphatic heterocycles. The number of carbonyl (C=O) groups is 2. The predicted octanol–water partition coefficient (Wildman–Crippen LogP) is 2.38. The lowest BCUT2D eigenvalue weighted by Crippen LogP contribution is -2.12. The van der Waals surface area contributed by atoms with Crippen LogP contribution in [0.3, 0.4) is 0 Å². The van der Waals surface area contributed by atoms with Gasteiger partial charge in [0.1, 0.15) is 0 Å². The lowest BCUT2D eigenvalue weighted by atomic mass is 10.2. The van der Waals surface area contributed by atoms with Crippen molar-refractivity contribution in [2.75, 3.05) is 17.7 Å². The SMILES string of the molecule is CC=CC(=O)Nc1cccc(NC(=O)OC)c1. The normalized spacial score (nSPS) is 10.0. The molecule has 2 amide bonds. The molecule has 5 heteroatoms. The van der Waals surface area contributed by atoms with Crippen molar-refractivity contribution in [3.8, 4) is 0 Å². The summed E-state index contributed by atoms with van der Waals surface area (Å²) in [5.74, 6) is -0.220. The molecule has 0 spiro atoms. The van der Waals surface area contributed by atoms with Crippen LogP contribution in [0.15, 0.2) is 36.4 Å². The predicted molar refractivity (Wildman–Crippen MR) is 65.9 cm³/mol. The highest BCUT2D eigenvalue weighted by Gasteiger charge is 2.02. The Morgan fingerprint density at radius 3 is 2.47 bits per heavy atom. The van der Waals surface area contributed by atoms with E-state index < -0.39 is 6.09 Å². The smallest absolute Gasteiger partial charge is 0.411 e. The maximum atomic E-state index is 11.3. The van der Waals surface area contributed by atoms with Crippen molar-refractivity contribution >= 4 is 23.4 Å². The fourth-order valence-electron chi connectivity index (χ4n) is 1.18. The Morgan fingerprint density at radius 1 is 1.24 bits per heavy atom. The van der Waals surface area contributed by atoms with Crippen molar-refractivity contribution in [3.63, 3.8) is 0 Å². The summed E-state index contributed by atoms with van der Waals surface area (Å²) in [7, 11) is 1.28. The Kier molecular flexibility index (Phi) is 4.75. The van der Waals surface area contributed by atoms with Crippen molar-refractivity contribution in [2.45, 2.75) is 6.92 Å². The number of nitrogens with one attached hydrogen (secondary N) is 2. The number of benzene rings is 1. The third-order valence-electron chi connectivity index (χ3n) is 1.88. The van der Waals surface area contributed by atoms with Gasteiger partial charge in [0.2, 0.25) is 5.91 Å². The first-order valence-electron chi connectivity index (χ1n) is 5.04. The quantitative estimate of drug-likeness (QED) is 0.789. The van der Waals surface area contributed by atoms with Gasteiger partial charge in [-0.05, 0) is 31.2 Å². The van der Waals surface area contributed by atoms with Crippen LogP contribution in [0.4, 0.5) is 16.2 Å². The molecule has 0 aliphatic carbocycles. The molecule has 0 heterocycles. The third-order valence-corrected chi connectivity index (χ3v) is 1.88. The molecule has 17 heavy (non-hydrogen) atoms. The first kappa shape index (κ1) is 12.8. The number of rotatable bonds is 3. The highest BCUT2D eigenvalue weighted by molar-refractivity contribution is 5.99. The molecule has 1 rings (SSSR count). The van der Waals surface area contributed by atoms with Gasteiger partial charge in [-0.25, -0.2) is 4.79 Å². The van der Waals surface area contributed by atoms with E-state index in [9.17, 15) is 9.59 Å². The number of carbonyl (C=O) groups excluding carboxylic acids is 2. The molecule has 0 fully saturated rings. The monoisotopic (exact) mass is 234 g/mol. The molecular weight excluding hydrogens is 220 g/mol. The second-order valence-electron chi connectivity index (χ2n) is 3.19. The van der Waals surface area contributed by atoms with Gasteiger partial charge in [0.05, 0.1) is 7.11 Å². The molecule has 0 saturated heterocycles. The lowest BCUT2D eigenvalue weighted by molar-refractivity contribution is -0.111. The summed E-state index contributed by atoms with van der Waals surface area (Å²) in [5, 5.41) is 5.16. The van der Waals surface area contributed by atoms with Gasteiger partial charge in [-0.1, -0.05) is 12.1 Å². The number of hydrogen-bond acceptors (Lipinski definition) is 3. The number of anilines is 2. The van der Waals surface area contributed by atoms with Crippen molar-refractivity contribution in [3.05, 3.63) is 36.4 Å². The fourth-order valence-corrected chi connectivity index (χ4v) is 1.18. The zero-order valence-electron chi connectivity index (χ0n) is 9.69. The van der Waals surface area contributed by atoms with E-state index in [1.807, 2.05) is 0 Å². The Balaban J connectivity index is 2.72. The molecular formula is C12H14N2O3. The van der Waals surface area contributed by atoms with Crippen molar-refractivity contribution < 1.29 is 14.3 Å². The molecule has 0 radical (unpaired) electrons. The fraction of sp³-hybridized carbons (Fsp3) is 0.167. The van der Waals surface area contributed by atoms with Gasteiger partial charge in [0.25, 0.3) is 0 Å². The number of allylic oxidation sites excluding steroid dienone is 1. The van der Waals surface area contributed by atoms with Crippen LogP contribution in [0.2, 0.25) is 0 Å². The number of methoxy groups -OCH3 is 1. The number of amides is 2. The lowest BCUT2D eigenvalue weighted by Gasteiger charge is -2.06. The van der Waals surface area contributed by atoms with E-state index in [4.69, 9.17) is 0 Å². The molecule has 0 aromatic heterocycles. The summed E-state index contributed by atoms with van der Waals surface area (Å²) in [6, 6.07) is 6.78. The molecule has 90 valence electrons. The van der Waals surface area contributed by atoms with Crippen LogP contribution < -0.4 is 10.6 Å². The van der Waals surface area contributed by atoms with Gasteiger partial charge in [0.15, 0.2) is 0 Å². The van der Waals surface area contributed by atoms with E-state index in [2.05, 4.69) is 15.4 Å². The summed E-state index contributed by atoms with van der Waals surface area (Å²) >= 11 is 0. The maximum Gasteiger partial charge on any atom is 0.411 e. The van der Waals surface area contributed by atoms with Crippen molar-refractivity contribution in [2.24, 2.45) is 0 Å². The summed E-state index contributed by atoms with van der Waals surface area (Å²) in [6.07, 6.45) is 2.51. The highest BCUT2D eigenvalue weighted by Crippen LogP contribution is 2.15. The second kappa shape index (κ2) is 6.32. The Morgan fingerprint density at radius 2 is 1.88 bits per heavy atom. The summed E-state index contributed by atoms with van der Waals surface area (Å²) in [4.78, 5) is 22.3. The van der Waals surface area contributed by atoms with E-state index in [0.29, 0.717) is 11.4 Å². The first-order chi connectivity index (χ1) is 8.15. The number of hydrogen-bond donors (Lipinski definition) is 2. The standard InChI is InChI=1S/C12H14N2O3/c1-3-5-11(15)13-9-6-4-7-10(8-9)14-12(16)17-2/h3-8H,1-2H3,(H,13,15)(H,14,16). The van der Waals surface area contributed by atoms with Crippen LogP contribution in [0.25, 0.3) is 0 Å². The molecule has 1 aromatic carbocycles.